The molecule has 0 atom stereocenters. The Labute approximate surface area is 102 Å². The van der Waals surface area contributed by atoms with E-state index in [4.69, 9.17) is 10.5 Å². The van der Waals surface area contributed by atoms with Gasteiger partial charge in [-0.2, -0.15) is 0 Å². The fourth-order valence-corrected chi connectivity index (χ4v) is 2.12. The molecule has 88 valence electrons. The molecule has 0 aromatic carbocycles. The molecule has 0 unspecified atom stereocenters. The Kier molecular flexibility index (Phi) is 3.60. The first kappa shape index (κ1) is 11.6. The highest BCUT2D eigenvalue weighted by Crippen LogP contribution is 2.24. The van der Waals surface area contributed by atoms with Gasteiger partial charge < -0.3 is 15.5 Å². The summed E-state index contributed by atoms with van der Waals surface area (Å²) in [6, 6.07) is 0.287. The van der Waals surface area contributed by atoms with E-state index >= 15 is 0 Å². The monoisotopic (exact) mass is 287 g/mol. The molecule has 0 bridgehead atoms. The Morgan fingerprint density at radius 1 is 1.44 bits per heavy atom. The number of hydrogen-bond donors (Lipinski definition) is 2. The Hall–Kier alpha value is -0.880. The molecule has 1 aliphatic carbocycles. The number of H-pyrrole nitrogens is 1. The topological polar surface area (TPSA) is 81.0 Å². The van der Waals surface area contributed by atoms with E-state index < -0.39 is 0 Å². The van der Waals surface area contributed by atoms with E-state index in [2.05, 4.69) is 25.9 Å². The summed E-state index contributed by atoms with van der Waals surface area (Å²) in [5, 5.41) is 0. The van der Waals surface area contributed by atoms with Crippen LogP contribution < -0.4 is 16.0 Å². The van der Waals surface area contributed by atoms with Crippen molar-refractivity contribution in [1.82, 2.24) is 9.97 Å². The van der Waals surface area contributed by atoms with Crippen LogP contribution in [0.4, 0.5) is 0 Å². The molecule has 1 fully saturated rings. The van der Waals surface area contributed by atoms with Gasteiger partial charge in [-0.15, -0.1) is 0 Å². The van der Waals surface area contributed by atoms with Crippen molar-refractivity contribution < 1.29 is 4.74 Å². The van der Waals surface area contributed by atoms with Crippen molar-refractivity contribution in [3.8, 4) is 5.88 Å². The van der Waals surface area contributed by atoms with E-state index in [1.54, 1.807) is 0 Å². The Morgan fingerprint density at radius 3 is 2.81 bits per heavy atom. The quantitative estimate of drug-likeness (QED) is 0.856. The smallest absolute Gasteiger partial charge is 0.268 e. The van der Waals surface area contributed by atoms with Gasteiger partial charge in [-0.05, 0) is 41.6 Å². The molecule has 1 aliphatic rings. The number of aromatic nitrogens is 2. The number of hydrogen-bond acceptors (Lipinski definition) is 4. The van der Waals surface area contributed by atoms with Gasteiger partial charge in [0.2, 0.25) is 5.88 Å². The number of aromatic amines is 1. The minimum Gasteiger partial charge on any atom is -0.473 e. The number of nitrogens with two attached hydrogens (primary N) is 1. The first-order valence-electron chi connectivity index (χ1n) is 5.32. The van der Waals surface area contributed by atoms with Crippen LogP contribution in [0, 0.1) is 0 Å². The van der Waals surface area contributed by atoms with Gasteiger partial charge in [-0.1, -0.05) is 0 Å². The van der Waals surface area contributed by atoms with Gasteiger partial charge in [0, 0.05) is 6.04 Å². The molecule has 1 heterocycles. The third-order valence-corrected chi connectivity index (χ3v) is 3.46. The standard InChI is InChI=1S/C10H14BrN3O2/c11-8-9(15)13-5-14-10(8)16-7-3-1-6(12)2-4-7/h5-7H,1-4,12H2,(H,13,14,15). The maximum Gasteiger partial charge on any atom is 0.268 e. The summed E-state index contributed by atoms with van der Waals surface area (Å²) in [5.41, 5.74) is 5.58. The molecule has 6 heteroatoms. The van der Waals surface area contributed by atoms with Gasteiger partial charge in [-0.25, -0.2) is 4.98 Å². The molecule has 3 N–H and O–H groups in total. The zero-order chi connectivity index (χ0) is 11.5. The van der Waals surface area contributed by atoms with Crippen LogP contribution in [0.25, 0.3) is 0 Å². The Morgan fingerprint density at radius 2 is 2.12 bits per heavy atom. The minimum absolute atomic E-state index is 0.116. The maximum absolute atomic E-state index is 11.3. The average Bonchev–Trinajstić information content (AvgIpc) is 2.28. The second-order valence-electron chi connectivity index (χ2n) is 4.01. The van der Waals surface area contributed by atoms with Crippen LogP contribution in [0.5, 0.6) is 5.88 Å². The largest absolute Gasteiger partial charge is 0.473 e. The first-order chi connectivity index (χ1) is 7.66. The zero-order valence-corrected chi connectivity index (χ0v) is 10.4. The fourth-order valence-electron chi connectivity index (χ4n) is 1.81. The third-order valence-electron chi connectivity index (χ3n) is 2.76. The summed E-state index contributed by atoms with van der Waals surface area (Å²) < 4.78 is 6.03. The van der Waals surface area contributed by atoms with E-state index in [0.29, 0.717) is 10.4 Å². The van der Waals surface area contributed by atoms with Gasteiger partial charge >= 0.3 is 0 Å². The SMILES string of the molecule is NC1CCC(Oc2nc[nH]c(=O)c2Br)CC1. The molecular weight excluding hydrogens is 274 g/mol. The van der Waals surface area contributed by atoms with Crippen LogP contribution in [-0.2, 0) is 0 Å². The average molecular weight is 288 g/mol. The van der Waals surface area contributed by atoms with Crippen molar-refractivity contribution in [3.05, 3.63) is 21.2 Å². The van der Waals surface area contributed by atoms with Crippen molar-refractivity contribution in [2.45, 2.75) is 37.8 Å². The van der Waals surface area contributed by atoms with Crippen LogP contribution >= 0.6 is 15.9 Å². The molecule has 1 aromatic heterocycles. The van der Waals surface area contributed by atoms with Crippen LogP contribution in [0.3, 0.4) is 0 Å². The number of rotatable bonds is 2. The van der Waals surface area contributed by atoms with Crippen LogP contribution in [0.15, 0.2) is 15.6 Å². The lowest BCUT2D eigenvalue weighted by Crippen LogP contribution is -2.32. The number of halogens is 1. The lowest BCUT2D eigenvalue weighted by atomic mass is 9.94. The second-order valence-corrected chi connectivity index (χ2v) is 4.80. The lowest BCUT2D eigenvalue weighted by Gasteiger charge is -2.26. The van der Waals surface area contributed by atoms with Crippen molar-refractivity contribution in [3.63, 3.8) is 0 Å². The summed E-state index contributed by atoms with van der Waals surface area (Å²) in [4.78, 5) is 17.8. The van der Waals surface area contributed by atoms with Crippen molar-refractivity contribution >= 4 is 15.9 Å². The van der Waals surface area contributed by atoms with Crippen molar-refractivity contribution in [2.24, 2.45) is 5.73 Å². The van der Waals surface area contributed by atoms with Crippen molar-refractivity contribution in [2.75, 3.05) is 0 Å². The zero-order valence-electron chi connectivity index (χ0n) is 8.78. The molecule has 1 aromatic rings. The number of nitrogens with one attached hydrogen (secondary N) is 1. The molecular formula is C10H14BrN3O2. The third kappa shape index (κ3) is 2.62. The molecule has 0 amide bonds. The second kappa shape index (κ2) is 4.97. The Bertz CT molecular complexity index is 413. The van der Waals surface area contributed by atoms with Crippen LogP contribution in [-0.4, -0.2) is 22.1 Å². The molecule has 0 spiro atoms. The summed E-state index contributed by atoms with van der Waals surface area (Å²) in [5.74, 6) is 0.365. The molecule has 1 saturated carbocycles. The van der Waals surface area contributed by atoms with Gasteiger partial charge in [0.05, 0.1) is 6.33 Å². The fraction of sp³-hybridized carbons (Fsp3) is 0.600. The molecule has 2 rings (SSSR count). The summed E-state index contributed by atoms with van der Waals surface area (Å²) in [6.45, 7) is 0. The van der Waals surface area contributed by atoms with Gasteiger partial charge in [-0.3, -0.25) is 4.79 Å². The highest BCUT2D eigenvalue weighted by Gasteiger charge is 2.21. The first-order valence-corrected chi connectivity index (χ1v) is 6.11. The van der Waals surface area contributed by atoms with Crippen molar-refractivity contribution in [1.29, 1.82) is 0 Å². The summed E-state index contributed by atoms with van der Waals surface area (Å²) >= 11 is 3.16. The van der Waals surface area contributed by atoms with Gasteiger partial charge in [0.1, 0.15) is 10.6 Å². The highest BCUT2D eigenvalue weighted by molar-refractivity contribution is 9.10. The summed E-state index contributed by atoms with van der Waals surface area (Å²) in [7, 11) is 0. The molecule has 0 aliphatic heterocycles. The maximum atomic E-state index is 11.3. The van der Waals surface area contributed by atoms with E-state index in [9.17, 15) is 4.79 Å². The normalized spacial score (nSPS) is 25.4. The van der Waals surface area contributed by atoms with Gasteiger partial charge in [0.15, 0.2) is 0 Å². The molecule has 5 nitrogen and oxygen atoms in total. The predicted octanol–water partition coefficient (Wildman–Crippen LogP) is 1.18. The number of nitrogens with zero attached hydrogens (tertiary/aromatic N) is 1. The van der Waals surface area contributed by atoms with E-state index in [0.717, 1.165) is 25.7 Å². The predicted molar refractivity (Wildman–Crippen MR) is 63.4 cm³/mol. The highest BCUT2D eigenvalue weighted by atomic mass is 79.9. The van der Waals surface area contributed by atoms with E-state index in [1.165, 1.54) is 6.33 Å². The lowest BCUT2D eigenvalue weighted by molar-refractivity contribution is 0.139. The molecule has 0 radical (unpaired) electrons. The van der Waals surface area contributed by atoms with Gasteiger partial charge in [0.25, 0.3) is 5.56 Å². The Balaban J connectivity index is 2.04. The molecule has 16 heavy (non-hydrogen) atoms. The minimum atomic E-state index is -0.225. The number of ether oxygens (including phenoxy) is 1. The van der Waals surface area contributed by atoms with Crippen LogP contribution in [0.1, 0.15) is 25.7 Å². The van der Waals surface area contributed by atoms with Crippen LogP contribution in [0.2, 0.25) is 0 Å². The summed E-state index contributed by atoms with van der Waals surface area (Å²) in [6.07, 6.45) is 5.23. The molecule has 0 saturated heterocycles. The van der Waals surface area contributed by atoms with E-state index in [1.807, 2.05) is 0 Å². The van der Waals surface area contributed by atoms with E-state index in [-0.39, 0.29) is 17.7 Å².